The second kappa shape index (κ2) is 4.69. The van der Waals surface area contributed by atoms with Gasteiger partial charge in [0.05, 0.1) is 16.0 Å². The Bertz CT molecular complexity index is 606. The fourth-order valence-electron chi connectivity index (χ4n) is 2.46. The average molecular weight is 285 g/mol. The molecule has 0 unspecified atom stereocenters. The molecule has 8 heteroatoms. The number of amidine groups is 1. The van der Waals surface area contributed by atoms with Gasteiger partial charge in [-0.25, -0.2) is 9.38 Å². The minimum Gasteiger partial charge on any atom is -0.462 e. The molecule has 1 heterocycles. The first-order chi connectivity index (χ1) is 9.24. The van der Waals surface area contributed by atoms with E-state index in [1.807, 2.05) is 0 Å². The highest BCUT2D eigenvalue weighted by molar-refractivity contribution is 5.73. The molecule has 1 aromatic rings. The molecule has 0 aromatic heterocycles. The molecule has 1 aliphatic rings. The predicted molar refractivity (Wildman–Crippen MR) is 67.2 cm³/mol. The third-order valence-electron chi connectivity index (χ3n) is 3.17. The van der Waals surface area contributed by atoms with E-state index in [1.54, 1.807) is 6.92 Å². The molecule has 1 aromatic carbocycles. The standard InChI is InChI=1S/C12H13F2N3O3/c1-6-5-12(2,16-11(15)20-6)9-7(13)3-4-8(10(9)14)17(18)19/h3-4,6H,5H2,1-2H3,(H2,15,16)/t6-,12+/m1/s1. The Kier molecular flexibility index (Phi) is 3.33. The zero-order chi connectivity index (χ0) is 15.1. The van der Waals surface area contributed by atoms with Crippen LogP contribution in [0.4, 0.5) is 14.5 Å². The van der Waals surface area contributed by atoms with E-state index in [-0.39, 0.29) is 12.4 Å². The third-order valence-corrected chi connectivity index (χ3v) is 3.17. The van der Waals surface area contributed by atoms with Crippen molar-refractivity contribution >= 4 is 11.7 Å². The normalized spacial score (nSPS) is 25.8. The van der Waals surface area contributed by atoms with E-state index in [0.29, 0.717) is 0 Å². The van der Waals surface area contributed by atoms with Crippen LogP contribution in [-0.2, 0) is 10.3 Å². The number of ether oxygens (including phenoxy) is 1. The van der Waals surface area contributed by atoms with Gasteiger partial charge in [0.2, 0.25) is 5.82 Å². The minimum atomic E-state index is -1.35. The molecule has 1 aliphatic heterocycles. The van der Waals surface area contributed by atoms with Crippen molar-refractivity contribution in [2.75, 3.05) is 0 Å². The van der Waals surface area contributed by atoms with Crippen LogP contribution in [0.5, 0.6) is 0 Å². The lowest BCUT2D eigenvalue weighted by Crippen LogP contribution is -2.39. The number of nitrogens with zero attached hydrogens (tertiary/aromatic N) is 2. The summed E-state index contributed by atoms with van der Waals surface area (Å²) in [5.74, 6) is -2.13. The maximum absolute atomic E-state index is 14.2. The summed E-state index contributed by atoms with van der Waals surface area (Å²) in [6.07, 6.45) is -0.251. The van der Waals surface area contributed by atoms with Crippen molar-refractivity contribution in [3.05, 3.63) is 39.4 Å². The molecule has 2 N–H and O–H groups in total. The zero-order valence-corrected chi connectivity index (χ0v) is 10.9. The fraction of sp³-hybridized carbons (Fsp3) is 0.417. The lowest BCUT2D eigenvalue weighted by atomic mass is 9.85. The second-order valence-corrected chi connectivity index (χ2v) is 4.87. The van der Waals surface area contributed by atoms with Crippen LogP contribution in [0.2, 0.25) is 0 Å². The van der Waals surface area contributed by atoms with Gasteiger partial charge in [-0.15, -0.1) is 0 Å². The summed E-state index contributed by atoms with van der Waals surface area (Å²) >= 11 is 0. The van der Waals surface area contributed by atoms with Crippen molar-refractivity contribution in [2.45, 2.75) is 31.9 Å². The summed E-state index contributed by atoms with van der Waals surface area (Å²) < 4.78 is 33.3. The Labute approximate surface area is 113 Å². The first kappa shape index (κ1) is 14.2. The van der Waals surface area contributed by atoms with Crippen molar-refractivity contribution in [3.63, 3.8) is 0 Å². The number of nitro groups is 1. The molecule has 0 spiro atoms. The van der Waals surface area contributed by atoms with E-state index < -0.39 is 39.5 Å². The number of benzene rings is 1. The van der Waals surface area contributed by atoms with Gasteiger partial charge in [0.1, 0.15) is 11.9 Å². The molecule has 0 aliphatic carbocycles. The number of hydrogen-bond acceptors (Lipinski definition) is 5. The Morgan fingerprint density at radius 2 is 2.20 bits per heavy atom. The SMILES string of the molecule is C[C@@H]1C[C@@](C)(c2c(F)ccc([N+](=O)[O-])c2F)N=C(N)O1. The van der Waals surface area contributed by atoms with E-state index in [9.17, 15) is 18.9 Å². The Morgan fingerprint density at radius 3 is 2.75 bits per heavy atom. The van der Waals surface area contributed by atoms with Gasteiger partial charge in [-0.1, -0.05) is 0 Å². The molecule has 2 rings (SSSR count). The lowest BCUT2D eigenvalue weighted by molar-refractivity contribution is -0.387. The van der Waals surface area contributed by atoms with Crippen molar-refractivity contribution in [2.24, 2.45) is 10.7 Å². The second-order valence-electron chi connectivity index (χ2n) is 4.87. The van der Waals surface area contributed by atoms with Gasteiger partial charge in [0.25, 0.3) is 6.02 Å². The van der Waals surface area contributed by atoms with E-state index >= 15 is 0 Å². The molecule has 0 fully saturated rings. The third kappa shape index (κ3) is 2.28. The first-order valence-electron chi connectivity index (χ1n) is 5.89. The summed E-state index contributed by atoms with van der Waals surface area (Å²) in [6, 6.07) is 1.44. The van der Waals surface area contributed by atoms with Gasteiger partial charge >= 0.3 is 5.69 Å². The fourth-order valence-corrected chi connectivity index (χ4v) is 2.46. The predicted octanol–water partition coefficient (Wildman–Crippen LogP) is 2.21. The minimum absolute atomic E-state index is 0.155. The molecule has 0 amide bonds. The van der Waals surface area contributed by atoms with Gasteiger partial charge in [-0.3, -0.25) is 10.1 Å². The van der Waals surface area contributed by atoms with Gasteiger partial charge in [0.15, 0.2) is 0 Å². The first-order valence-corrected chi connectivity index (χ1v) is 5.89. The Hall–Kier alpha value is -2.25. The summed E-state index contributed by atoms with van der Waals surface area (Å²) in [5, 5.41) is 10.8. The number of hydrogen-bond donors (Lipinski definition) is 1. The van der Waals surface area contributed by atoms with Crippen molar-refractivity contribution < 1.29 is 18.4 Å². The highest BCUT2D eigenvalue weighted by atomic mass is 19.1. The maximum Gasteiger partial charge on any atom is 0.305 e. The number of rotatable bonds is 2. The molecule has 2 atom stereocenters. The maximum atomic E-state index is 14.2. The quantitative estimate of drug-likeness (QED) is 0.666. The number of nitro benzene ring substituents is 1. The molecule has 6 nitrogen and oxygen atoms in total. The van der Waals surface area contributed by atoms with Crippen LogP contribution in [0.1, 0.15) is 25.8 Å². The van der Waals surface area contributed by atoms with Gasteiger partial charge in [0, 0.05) is 12.5 Å². The van der Waals surface area contributed by atoms with Crippen molar-refractivity contribution in [1.29, 1.82) is 0 Å². The highest BCUT2D eigenvalue weighted by Gasteiger charge is 2.40. The largest absolute Gasteiger partial charge is 0.462 e. The van der Waals surface area contributed by atoms with Crippen LogP contribution in [0.25, 0.3) is 0 Å². The number of nitrogens with two attached hydrogens (primary N) is 1. The molecular weight excluding hydrogens is 272 g/mol. The van der Waals surface area contributed by atoms with Crippen LogP contribution in [0, 0.1) is 21.7 Å². The average Bonchev–Trinajstić information content (AvgIpc) is 2.25. The van der Waals surface area contributed by atoms with Crippen LogP contribution in [0.15, 0.2) is 17.1 Å². The van der Waals surface area contributed by atoms with Crippen LogP contribution in [0.3, 0.4) is 0 Å². The topological polar surface area (TPSA) is 90.8 Å². The smallest absolute Gasteiger partial charge is 0.305 e. The Balaban J connectivity index is 2.65. The monoisotopic (exact) mass is 285 g/mol. The van der Waals surface area contributed by atoms with Gasteiger partial charge in [-0.05, 0) is 19.9 Å². The van der Waals surface area contributed by atoms with Gasteiger partial charge < -0.3 is 10.5 Å². The molecule has 0 saturated carbocycles. The van der Waals surface area contributed by atoms with Crippen molar-refractivity contribution in [1.82, 2.24) is 0 Å². The van der Waals surface area contributed by atoms with Crippen molar-refractivity contribution in [3.8, 4) is 0 Å². The van der Waals surface area contributed by atoms with E-state index in [0.717, 1.165) is 12.1 Å². The molecule has 0 saturated heterocycles. The van der Waals surface area contributed by atoms with Crippen LogP contribution >= 0.6 is 0 Å². The molecular formula is C12H13F2N3O3. The van der Waals surface area contributed by atoms with Crippen LogP contribution < -0.4 is 5.73 Å². The number of aliphatic imine (C=N–C) groups is 1. The number of halogens is 2. The molecule has 0 bridgehead atoms. The summed E-state index contributed by atoms with van der Waals surface area (Å²) in [4.78, 5) is 13.8. The summed E-state index contributed by atoms with van der Waals surface area (Å²) in [5.41, 5.74) is 2.88. The van der Waals surface area contributed by atoms with E-state index in [4.69, 9.17) is 10.5 Å². The molecule has 0 radical (unpaired) electrons. The zero-order valence-electron chi connectivity index (χ0n) is 10.9. The summed E-state index contributed by atoms with van der Waals surface area (Å²) in [6.45, 7) is 3.14. The Morgan fingerprint density at radius 1 is 1.55 bits per heavy atom. The highest BCUT2D eigenvalue weighted by Crippen LogP contribution is 2.39. The summed E-state index contributed by atoms with van der Waals surface area (Å²) in [7, 11) is 0. The lowest BCUT2D eigenvalue weighted by Gasteiger charge is -2.33. The van der Waals surface area contributed by atoms with E-state index in [1.165, 1.54) is 6.92 Å². The molecule has 108 valence electrons. The van der Waals surface area contributed by atoms with E-state index in [2.05, 4.69) is 4.99 Å². The van der Waals surface area contributed by atoms with Gasteiger partial charge in [-0.2, -0.15) is 4.39 Å². The van der Waals surface area contributed by atoms with Crippen LogP contribution in [-0.4, -0.2) is 17.0 Å². The molecule has 20 heavy (non-hydrogen) atoms.